The summed E-state index contributed by atoms with van der Waals surface area (Å²) in [5, 5.41) is 0. The van der Waals surface area contributed by atoms with Gasteiger partial charge in [-0.25, -0.2) is 0 Å². The highest BCUT2D eigenvalue weighted by atomic mass is 16.6. The van der Waals surface area contributed by atoms with Crippen LogP contribution in [-0.4, -0.2) is 48.4 Å². The predicted octanol–water partition coefficient (Wildman–Crippen LogP) is 0.344. The monoisotopic (exact) mass is 286 g/mol. The lowest BCUT2D eigenvalue weighted by Gasteiger charge is -2.37. The molecule has 4 atom stereocenters. The minimum absolute atomic E-state index is 0.355. The van der Waals surface area contributed by atoms with E-state index in [0.29, 0.717) is 19.4 Å². The molecule has 0 radical (unpaired) electrons. The number of carbonyl (C=O) groups excluding carboxylic acids is 3. The fraction of sp³-hybridized carbons (Fsp3) is 0.769. The Balaban J connectivity index is 2.15. The third kappa shape index (κ3) is 2.92. The summed E-state index contributed by atoms with van der Waals surface area (Å²) < 4.78 is 21.3. The number of ether oxygens (including phenoxy) is 4. The molecule has 1 heterocycles. The summed E-state index contributed by atoms with van der Waals surface area (Å²) in [4.78, 5) is 33.4. The van der Waals surface area contributed by atoms with Crippen molar-refractivity contribution in [2.24, 2.45) is 0 Å². The van der Waals surface area contributed by atoms with E-state index in [1.807, 2.05) is 0 Å². The van der Waals surface area contributed by atoms with Gasteiger partial charge in [0.05, 0.1) is 6.61 Å². The Morgan fingerprint density at radius 3 is 2.15 bits per heavy atom. The SMILES string of the molecule is CC(=O)OC1CC12OCC[C@@H](OC(C)=O)[C@H]2OC(C)=O. The van der Waals surface area contributed by atoms with Gasteiger partial charge in [-0.3, -0.25) is 14.4 Å². The number of carbonyl (C=O) groups is 3. The van der Waals surface area contributed by atoms with Crippen molar-refractivity contribution in [2.75, 3.05) is 6.61 Å². The summed E-state index contributed by atoms with van der Waals surface area (Å²) in [7, 11) is 0. The minimum atomic E-state index is -0.879. The molecule has 7 heteroatoms. The number of hydrogen-bond acceptors (Lipinski definition) is 7. The molecule has 0 aromatic carbocycles. The van der Waals surface area contributed by atoms with Crippen LogP contribution in [0.25, 0.3) is 0 Å². The number of hydrogen-bond donors (Lipinski definition) is 0. The van der Waals surface area contributed by atoms with Crippen LogP contribution in [0, 0.1) is 0 Å². The van der Waals surface area contributed by atoms with Gasteiger partial charge in [0.1, 0.15) is 17.8 Å². The van der Waals surface area contributed by atoms with Crippen LogP contribution in [0.15, 0.2) is 0 Å². The molecule has 2 fully saturated rings. The van der Waals surface area contributed by atoms with Crippen LogP contribution < -0.4 is 0 Å². The molecule has 1 aliphatic carbocycles. The Morgan fingerprint density at radius 2 is 1.60 bits per heavy atom. The Labute approximate surface area is 116 Å². The zero-order valence-corrected chi connectivity index (χ0v) is 11.7. The smallest absolute Gasteiger partial charge is 0.303 e. The first-order valence-electron chi connectivity index (χ1n) is 6.51. The van der Waals surface area contributed by atoms with Crippen molar-refractivity contribution < 1.29 is 33.3 Å². The van der Waals surface area contributed by atoms with Crippen molar-refractivity contribution in [3.8, 4) is 0 Å². The molecular weight excluding hydrogens is 268 g/mol. The Bertz CT molecular complexity index is 432. The topological polar surface area (TPSA) is 88.1 Å². The van der Waals surface area contributed by atoms with Crippen molar-refractivity contribution >= 4 is 17.9 Å². The highest BCUT2D eigenvalue weighted by molar-refractivity contribution is 5.68. The van der Waals surface area contributed by atoms with E-state index in [1.54, 1.807) is 0 Å². The lowest BCUT2D eigenvalue weighted by atomic mass is 9.99. The molecule has 112 valence electrons. The first-order chi connectivity index (χ1) is 9.35. The largest absolute Gasteiger partial charge is 0.459 e. The maximum Gasteiger partial charge on any atom is 0.303 e. The summed E-state index contributed by atoms with van der Waals surface area (Å²) in [5.41, 5.74) is -0.879. The fourth-order valence-corrected chi connectivity index (χ4v) is 2.63. The van der Waals surface area contributed by atoms with Gasteiger partial charge >= 0.3 is 17.9 Å². The number of esters is 3. The lowest BCUT2D eigenvalue weighted by Crippen LogP contribution is -2.52. The van der Waals surface area contributed by atoms with E-state index in [9.17, 15) is 14.4 Å². The fourth-order valence-electron chi connectivity index (χ4n) is 2.63. The zero-order valence-electron chi connectivity index (χ0n) is 11.7. The van der Waals surface area contributed by atoms with Gasteiger partial charge in [-0.15, -0.1) is 0 Å². The molecule has 2 aliphatic rings. The van der Waals surface area contributed by atoms with Crippen LogP contribution >= 0.6 is 0 Å². The predicted molar refractivity (Wildman–Crippen MR) is 64.6 cm³/mol. The summed E-state index contributed by atoms with van der Waals surface area (Å²) in [5.74, 6) is -1.37. The Hall–Kier alpha value is -1.63. The second kappa shape index (κ2) is 5.40. The zero-order chi connectivity index (χ0) is 14.9. The standard InChI is InChI=1S/C13H18O7/c1-7(14)18-10-4-5-17-13(12(10)20-9(3)16)6-11(13)19-8(2)15/h10-12H,4-6H2,1-3H3/t10-,11?,12-,13?/m1/s1. The van der Waals surface area contributed by atoms with Gasteiger partial charge in [0.2, 0.25) is 0 Å². The van der Waals surface area contributed by atoms with Crippen LogP contribution in [0.2, 0.25) is 0 Å². The van der Waals surface area contributed by atoms with Crippen LogP contribution in [0.3, 0.4) is 0 Å². The van der Waals surface area contributed by atoms with Crippen molar-refractivity contribution in [1.29, 1.82) is 0 Å². The van der Waals surface area contributed by atoms with Crippen molar-refractivity contribution in [1.82, 2.24) is 0 Å². The molecule has 0 aromatic heterocycles. The van der Waals surface area contributed by atoms with Crippen LogP contribution in [-0.2, 0) is 33.3 Å². The molecule has 1 saturated heterocycles. The molecule has 0 aromatic rings. The van der Waals surface area contributed by atoms with Gasteiger partial charge in [-0.2, -0.15) is 0 Å². The van der Waals surface area contributed by atoms with Gasteiger partial charge in [0, 0.05) is 33.6 Å². The first kappa shape index (κ1) is 14.8. The normalized spacial score (nSPS) is 35.2. The van der Waals surface area contributed by atoms with Crippen LogP contribution in [0.1, 0.15) is 33.6 Å². The maximum absolute atomic E-state index is 11.3. The highest BCUT2D eigenvalue weighted by Gasteiger charge is 2.69. The maximum atomic E-state index is 11.3. The molecule has 20 heavy (non-hydrogen) atoms. The summed E-state index contributed by atoms with van der Waals surface area (Å²) in [6, 6.07) is 0. The van der Waals surface area contributed by atoms with E-state index >= 15 is 0 Å². The highest BCUT2D eigenvalue weighted by Crippen LogP contribution is 2.50. The van der Waals surface area contributed by atoms with E-state index < -0.39 is 41.8 Å². The molecule has 2 unspecified atom stereocenters. The van der Waals surface area contributed by atoms with Crippen LogP contribution in [0.4, 0.5) is 0 Å². The van der Waals surface area contributed by atoms with Crippen molar-refractivity contribution in [3.63, 3.8) is 0 Å². The molecule has 0 N–H and O–H groups in total. The molecular formula is C13H18O7. The Kier molecular flexibility index (Phi) is 3.99. The van der Waals surface area contributed by atoms with Crippen molar-refractivity contribution in [3.05, 3.63) is 0 Å². The summed E-state index contributed by atoms with van der Waals surface area (Å²) in [6.45, 7) is 4.23. The first-order valence-corrected chi connectivity index (χ1v) is 6.51. The van der Waals surface area contributed by atoms with Crippen molar-refractivity contribution in [2.45, 2.75) is 57.5 Å². The Morgan fingerprint density at radius 1 is 1.00 bits per heavy atom. The van der Waals surface area contributed by atoms with Gasteiger partial charge in [-0.1, -0.05) is 0 Å². The summed E-state index contributed by atoms with van der Waals surface area (Å²) in [6.07, 6.45) is -0.927. The number of rotatable bonds is 3. The van der Waals surface area contributed by atoms with Gasteiger partial charge < -0.3 is 18.9 Å². The van der Waals surface area contributed by atoms with E-state index in [1.165, 1.54) is 20.8 Å². The van der Waals surface area contributed by atoms with E-state index in [4.69, 9.17) is 18.9 Å². The molecule has 0 amide bonds. The molecule has 1 aliphatic heterocycles. The van der Waals surface area contributed by atoms with E-state index in [0.717, 1.165) is 0 Å². The van der Waals surface area contributed by atoms with E-state index in [2.05, 4.69) is 0 Å². The average molecular weight is 286 g/mol. The minimum Gasteiger partial charge on any atom is -0.459 e. The van der Waals surface area contributed by atoms with Gasteiger partial charge in [0.25, 0.3) is 0 Å². The average Bonchev–Trinajstić information content (AvgIpc) is 2.95. The molecule has 0 bridgehead atoms. The third-order valence-electron chi connectivity index (χ3n) is 3.40. The molecule has 1 saturated carbocycles. The molecule has 1 spiro atoms. The third-order valence-corrected chi connectivity index (χ3v) is 3.40. The molecule has 2 rings (SSSR count). The molecule has 7 nitrogen and oxygen atoms in total. The lowest BCUT2D eigenvalue weighted by molar-refractivity contribution is -0.206. The second-order valence-electron chi connectivity index (χ2n) is 5.07. The van der Waals surface area contributed by atoms with Crippen LogP contribution in [0.5, 0.6) is 0 Å². The summed E-state index contributed by atoms with van der Waals surface area (Å²) >= 11 is 0. The van der Waals surface area contributed by atoms with Gasteiger partial charge in [-0.05, 0) is 0 Å². The quantitative estimate of drug-likeness (QED) is 0.546. The second-order valence-corrected chi connectivity index (χ2v) is 5.07. The van der Waals surface area contributed by atoms with Gasteiger partial charge in [0.15, 0.2) is 6.10 Å². The van der Waals surface area contributed by atoms with E-state index in [-0.39, 0.29) is 0 Å².